The van der Waals surface area contributed by atoms with Crippen LogP contribution in [-0.4, -0.2) is 23.4 Å². The lowest BCUT2D eigenvalue weighted by Crippen LogP contribution is -2.30. The van der Waals surface area contributed by atoms with Crippen LogP contribution in [0.2, 0.25) is 0 Å². The summed E-state index contributed by atoms with van der Waals surface area (Å²) in [6.07, 6.45) is 4.08. The van der Waals surface area contributed by atoms with Gasteiger partial charge in [0.1, 0.15) is 0 Å². The van der Waals surface area contributed by atoms with Gasteiger partial charge >= 0.3 is 0 Å². The molecule has 0 atom stereocenters. The van der Waals surface area contributed by atoms with Gasteiger partial charge in [-0.05, 0) is 54.5 Å². The average Bonchev–Trinajstić information content (AvgIpc) is 3.20. The molecule has 4 aromatic rings. The molecule has 0 bridgehead atoms. The highest BCUT2D eigenvalue weighted by molar-refractivity contribution is 7.98. The molecule has 29 heavy (non-hydrogen) atoms. The normalized spacial score (nSPS) is 11.0. The van der Waals surface area contributed by atoms with E-state index in [1.807, 2.05) is 66.9 Å². The predicted molar refractivity (Wildman–Crippen MR) is 127 cm³/mol. The SMILES string of the molecule is CSc1cccc(C(=O)N(Cc2ccccc2)c2nc3ccc(SC)cc3s2)c1. The van der Waals surface area contributed by atoms with Gasteiger partial charge in [-0.1, -0.05) is 47.7 Å². The van der Waals surface area contributed by atoms with Crippen molar-refractivity contribution in [3.05, 3.63) is 83.9 Å². The van der Waals surface area contributed by atoms with Gasteiger partial charge in [0.25, 0.3) is 5.91 Å². The first-order chi connectivity index (χ1) is 14.2. The zero-order valence-corrected chi connectivity index (χ0v) is 18.6. The third-order valence-corrected chi connectivity index (χ3v) is 7.05. The van der Waals surface area contributed by atoms with Gasteiger partial charge in [-0.25, -0.2) is 4.98 Å². The summed E-state index contributed by atoms with van der Waals surface area (Å²) >= 11 is 4.90. The smallest absolute Gasteiger partial charge is 0.260 e. The van der Waals surface area contributed by atoms with Crippen LogP contribution in [0.4, 0.5) is 5.13 Å². The van der Waals surface area contributed by atoms with Crippen LogP contribution in [0.25, 0.3) is 10.2 Å². The highest BCUT2D eigenvalue weighted by atomic mass is 32.2. The van der Waals surface area contributed by atoms with Crippen LogP contribution >= 0.6 is 34.9 Å². The summed E-state index contributed by atoms with van der Waals surface area (Å²) in [5, 5.41) is 0.724. The molecule has 0 aliphatic heterocycles. The van der Waals surface area contributed by atoms with E-state index >= 15 is 0 Å². The fraction of sp³-hybridized carbons (Fsp3) is 0.130. The Morgan fingerprint density at radius 3 is 2.45 bits per heavy atom. The molecule has 0 aliphatic rings. The average molecular weight is 437 g/mol. The number of hydrogen-bond acceptors (Lipinski definition) is 5. The summed E-state index contributed by atoms with van der Waals surface area (Å²) in [5.41, 5.74) is 2.68. The molecule has 146 valence electrons. The number of aromatic nitrogens is 1. The zero-order valence-electron chi connectivity index (χ0n) is 16.2. The number of thioether (sulfide) groups is 2. The van der Waals surface area contributed by atoms with Crippen molar-refractivity contribution in [2.75, 3.05) is 17.4 Å². The van der Waals surface area contributed by atoms with Crippen molar-refractivity contribution in [2.24, 2.45) is 0 Å². The van der Waals surface area contributed by atoms with E-state index in [-0.39, 0.29) is 5.91 Å². The molecule has 3 aromatic carbocycles. The lowest BCUT2D eigenvalue weighted by Gasteiger charge is -2.20. The molecule has 1 heterocycles. The van der Waals surface area contributed by atoms with Gasteiger partial charge in [-0.2, -0.15) is 0 Å². The first-order valence-electron chi connectivity index (χ1n) is 9.12. The minimum atomic E-state index is -0.0334. The molecule has 1 aromatic heterocycles. The molecule has 1 amide bonds. The number of hydrogen-bond donors (Lipinski definition) is 0. The number of fused-ring (bicyclic) bond motifs is 1. The van der Waals surface area contributed by atoms with Gasteiger partial charge in [-0.15, -0.1) is 23.5 Å². The van der Waals surface area contributed by atoms with Gasteiger partial charge < -0.3 is 0 Å². The summed E-state index contributed by atoms with van der Waals surface area (Å²) in [4.78, 5) is 22.3. The highest BCUT2D eigenvalue weighted by Crippen LogP contribution is 2.33. The van der Waals surface area contributed by atoms with Crippen LogP contribution in [0.3, 0.4) is 0 Å². The van der Waals surface area contributed by atoms with E-state index < -0.39 is 0 Å². The van der Waals surface area contributed by atoms with Crippen molar-refractivity contribution < 1.29 is 4.79 Å². The van der Waals surface area contributed by atoms with Gasteiger partial charge in [0, 0.05) is 15.4 Å². The third-order valence-electron chi connectivity index (χ3n) is 4.56. The van der Waals surface area contributed by atoms with Crippen LogP contribution in [0.1, 0.15) is 15.9 Å². The number of rotatable bonds is 6. The molecule has 0 aliphatic carbocycles. The molecule has 0 N–H and O–H groups in total. The predicted octanol–water partition coefficient (Wildman–Crippen LogP) is 6.59. The second-order valence-corrected chi connectivity index (χ2v) is 9.21. The van der Waals surface area contributed by atoms with Crippen molar-refractivity contribution in [3.8, 4) is 0 Å². The summed E-state index contributed by atoms with van der Waals surface area (Å²) in [6.45, 7) is 0.484. The monoisotopic (exact) mass is 436 g/mol. The van der Waals surface area contributed by atoms with E-state index in [0.717, 1.165) is 25.8 Å². The molecular weight excluding hydrogens is 416 g/mol. The lowest BCUT2D eigenvalue weighted by molar-refractivity contribution is 0.0985. The van der Waals surface area contributed by atoms with Crippen molar-refractivity contribution in [3.63, 3.8) is 0 Å². The van der Waals surface area contributed by atoms with Crippen molar-refractivity contribution >= 4 is 56.1 Å². The Bertz CT molecular complexity index is 1140. The number of amides is 1. The van der Waals surface area contributed by atoms with E-state index in [1.54, 1.807) is 39.8 Å². The minimum absolute atomic E-state index is 0.0334. The number of carbonyl (C=O) groups excluding carboxylic acids is 1. The zero-order chi connectivity index (χ0) is 20.2. The number of carbonyl (C=O) groups is 1. The summed E-state index contributed by atoms with van der Waals surface area (Å²) in [7, 11) is 0. The molecular formula is C23H20N2OS3. The highest BCUT2D eigenvalue weighted by Gasteiger charge is 2.22. The number of benzene rings is 3. The van der Waals surface area contributed by atoms with Gasteiger partial charge in [-0.3, -0.25) is 9.69 Å². The van der Waals surface area contributed by atoms with Gasteiger partial charge in [0.05, 0.1) is 16.8 Å². The first kappa shape index (κ1) is 20.0. The van der Waals surface area contributed by atoms with E-state index in [4.69, 9.17) is 4.98 Å². The van der Waals surface area contributed by atoms with E-state index in [0.29, 0.717) is 12.1 Å². The van der Waals surface area contributed by atoms with Gasteiger partial charge in [0.2, 0.25) is 0 Å². The van der Waals surface area contributed by atoms with Crippen molar-refractivity contribution in [1.82, 2.24) is 4.98 Å². The first-order valence-corrected chi connectivity index (χ1v) is 12.4. The van der Waals surface area contributed by atoms with Gasteiger partial charge in [0.15, 0.2) is 5.13 Å². The van der Waals surface area contributed by atoms with E-state index in [1.165, 1.54) is 4.90 Å². The van der Waals surface area contributed by atoms with Crippen molar-refractivity contribution in [2.45, 2.75) is 16.3 Å². The Balaban J connectivity index is 1.76. The van der Waals surface area contributed by atoms with E-state index in [9.17, 15) is 4.79 Å². The maximum atomic E-state index is 13.5. The standard InChI is InChI=1S/C23H20N2OS3/c1-27-18-10-6-9-17(13-18)22(26)25(15-16-7-4-3-5-8-16)23-24-20-12-11-19(28-2)14-21(20)29-23/h3-14H,15H2,1-2H3. The quantitative estimate of drug-likeness (QED) is 0.319. The summed E-state index contributed by atoms with van der Waals surface area (Å²) in [5.74, 6) is -0.0334. The topological polar surface area (TPSA) is 33.2 Å². The van der Waals surface area contributed by atoms with Crippen LogP contribution < -0.4 is 4.90 Å². The number of thiazole rings is 1. The fourth-order valence-corrected chi connectivity index (χ4v) is 5.02. The Labute approximate surface area is 183 Å². The molecule has 0 unspecified atom stereocenters. The Morgan fingerprint density at radius 2 is 1.69 bits per heavy atom. The second kappa shape index (κ2) is 9.03. The van der Waals surface area contributed by atoms with E-state index in [2.05, 4.69) is 18.4 Å². The molecule has 4 rings (SSSR count). The number of nitrogens with zero attached hydrogens (tertiary/aromatic N) is 2. The molecule has 0 fully saturated rings. The van der Waals surface area contributed by atoms with Crippen LogP contribution in [0.15, 0.2) is 82.6 Å². The maximum absolute atomic E-state index is 13.5. The molecule has 3 nitrogen and oxygen atoms in total. The number of anilines is 1. The molecule has 0 spiro atoms. The summed E-state index contributed by atoms with van der Waals surface area (Å²) < 4.78 is 1.09. The maximum Gasteiger partial charge on any atom is 0.260 e. The van der Waals surface area contributed by atoms with Crippen LogP contribution in [-0.2, 0) is 6.54 Å². The molecule has 6 heteroatoms. The minimum Gasteiger partial charge on any atom is -0.279 e. The third kappa shape index (κ3) is 4.50. The van der Waals surface area contributed by atoms with Crippen molar-refractivity contribution in [1.29, 1.82) is 0 Å². The largest absolute Gasteiger partial charge is 0.279 e. The summed E-state index contributed by atoms with van der Waals surface area (Å²) in [6, 6.07) is 24.1. The van der Waals surface area contributed by atoms with Crippen LogP contribution in [0.5, 0.6) is 0 Å². The lowest BCUT2D eigenvalue weighted by atomic mass is 10.1. The molecule has 0 saturated heterocycles. The van der Waals surface area contributed by atoms with Crippen LogP contribution in [0, 0.1) is 0 Å². The fourth-order valence-electron chi connectivity index (χ4n) is 3.04. The second-order valence-electron chi connectivity index (χ2n) is 6.44. The Kier molecular flexibility index (Phi) is 6.23. The Morgan fingerprint density at radius 1 is 0.931 bits per heavy atom. The Hall–Kier alpha value is -2.28. The molecule has 0 saturated carbocycles. The molecule has 0 radical (unpaired) electrons.